The smallest absolute Gasteiger partial charge is 0.206 e. The zero-order valence-electron chi connectivity index (χ0n) is 8.40. The molecule has 4 N–H and O–H groups in total. The third-order valence-corrected chi connectivity index (χ3v) is 2.13. The summed E-state index contributed by atoms with van der Waals surface area (Å²) in [5.74, 6) is -1.52. The number of aromatic hydroxyl groups is 1. The van der Waals surface area contributed by atoms with Crippen LogP contribution in [-0.4, -0.2) is 23.9 Å². The maximum absolute atomic E-state index is 13.3. The number of aliphatic hydroxyl groups excluding tert-OH is 1. The standard InChI is InChI=1S/C10H14FNO3/c1-15-8-3-2-6(7(13)4-5-12)10(14)9(8)11/h2-3,7,13-14H,4-5,12H2,1H3. The molecule has 5 heteroatoms. The van der Waals surface area contributed by atoms with Gasteiger partial charge in [-0.2, -0.15) is 4.39 Å². The van der Waals surface area contributed by atoms with E-state index in [9.17, 15) is 14.6 Å². The van der Waals surface area contributed by atoms with Gasteiger partial charge in [-0.05, 0) is 25.1 Å². The molecule has 84 valence electrons. The summed E-state index contributed by atoms with van der Waals surface area (Å²) in [5.41, 5.74) is 5.37. The molecule has 0 heterocycles. The van der Waals surface area contributed by atoms with Gasteiger partial charge in [0.2, 0.25) is 5.82 Å². The second-order valence-corrected chi connectivity index (χ2v) is 3.11. The van der Waals surface area contributed by atoms with Crippen LogP contribution in [0.5, 0.6) is 11.5 Å². The lowest BCUT2D eigenvalue weighted by molar-refractivity contribution is 0.165. The first-order chi connectivity index (χ1) is 7.11. The number of phenolic OH excluding ortho intramolecular Hbond substituents is 1. The summed E-state index contributed by atoms with van der Waals surface area (Å²) in [6, 6.07) is 2.77. The molecule has 0 aliphatic carbocycles. The Kier molecular flexibility index (Phi) is 3.88. The number of benzene rings is 1. The highest BCUT2D eigenvalue weighted by molar-refractivity contribution is 5.42. The first kappa shape index (κ1) is 11.7. The molecule has 1 aromatic rings. The van der Waals surface area contributed by atoms with Crippen LogP contribution < -0.4 is 10.5 Å². The number of hydrogen-bond donors (Lipinski definition) is 3. The SMILES string of the molecule is COc1ccc(C(O)CCN)c(O)c1F. The largest absolute Gasteiger partial charge is 0.504 e. The zero-order chi connectivity index (χ0) is 11.4. The molecule has 0 aliphatic heterocycles. The number of nitrogens with two attached hydrogens (primary N) is 1. The monoisotopic (exact) mass is 215 g/mol. The van der Waals surface area contributed by atoms with Crippen molar-refractivity contribution in [3.63, 3.8) is 0 Å². The van der Waals surface area contributed by atoms with Crippen molar-refractivity contribution in [2.24, 2.45) is 5.73 Å². The maximum Gasteiger partial charge on any atom is 0.206 e. The molecule has 15 heavy (non-hydrogen) atoms. The molecule has 0 amide bonds. The predicted molar refractivity (Wildman–Crippen MR) is 53.2 cm³/mol. The summed E-state index contributed by atoms with van der Waals surface area (Å²) in [4.78, 5) is 0. The van der Waals surface area contributed by atoms with E-state index in [1.807, 2.05) is 0 Å². The summed E-state index contributed by atoms with van der Waals surface area (Å²) >= 11 is 0. The van der Waals surface area contributed by atoms with Gasteiger partial charge in [0.25, 0.3) is 0 Å². The molecule has 0 aromatic heterocycles. The topological polar surface area (TPSA) is 75.7 Å². The molecular formula is C10H14FNO3. The van der Waals surface area contributed by atoms with Crippen molar-refractivity contribution in [1.82, 2.24) is 0 Å². The van der Waals surface area contributed by atoms with Gasteiger partial charge in [-0.1, -0.05) is 0 Å². The number of ether oxygens (including phenoxy) is 1. The van der Waals surface area contributed by atoms with E-state index in [1.54, 1.807) is 0 Å². The molecule has 4 nitrogen and oxygen atoms in total. The third-order valence-electron chi connectivity index (χ3n) is 2.13. The van der Waals surface area contributed by atoms with E-state index >= 15 is 0 Å². The van der Waals surface area contributed by atoms with Gasteiger partial charge < -0.3 is 20.7 Å². The lowest BCUT2D eigenvalue weighted by Gasteiger charge is -2.13. The van der Waals surface area contributed by atoms with Crippen LogP contribution in [0, 0.1) is 5.82 Å². The summed E-state index contributed by atoms with van der Waals surface area (Å²) in [5, 5.41) is 19.0. The minimum absolute atomic E-state index is 0.0591. The van der Waals surface area contributed by atoms with Crippen LogP contribution in [-0.2, 0) is 0 Å². The van der Waals surface area contributed by atoms with E-state index in [1.165, 1.54) is 19.2 Å². The lowest BCUT2D eigenvalue weighted by Crippen LogP contribution is -2.07. The highest BCUT2D eigenvalue weighted by atomic mass is 19.1. The summed E-state index contributed by atoms with van der Waals surface area (Å²) in [6.45, 7) is 0.258. The second-order valence-electron chi connectivity index (χ2n) is 3.11. The number of phenols is 1. The molecule has 1 atom stereocenters. The highest BCUT2D eigenvalue weighted by Gasteiger charge is 2.17. The molecule has 1 rings (SSSR count). The Hall–Kier alpha value is -1.33. The predicted octanol–water partition coefficient (Wildman–Crippen LogP) is 0.922. The number of halogens is 1. The van der Waals surface area contributed by atoms with Gasteiger partial charge in [0.1, 0.15) is 0 Å². The van der Waals surface area contributed by atoms with Crippen LogP contribution in [0.25, 0.3) is 0 Å². The fourth-order valence-corrected chi connectivity index (χ4v) is 1.30. The van der Waals surface area contributed by atoms with Crippen molar-refractivity contribution >= 4 is 0 Å². The van der Waals surface area contributed by atoms with Crippen molar-refractivity contribution in [3.8, 4) is 11.5 Å². The van der Waals surface area contributed by atoms with Gasteiger partial charge in [0.05, 0.1) is 13.2 Å². The first-order valence-corrected chi connectivity index (χ1v) is 4.55. The van der Waals surface area contributed by atoms with Crippen molar-refractivity contribution < 1.29 is 19.3 Å². The minimum atomic E-state index is -0.963. The Bertz CT molecular complexity index is 344. The van der Waals surface area contributed by atoms with Crippen molar-refractivity contribution in [1.29, 1.82) is 0 Å². The van der Waals surface area contributed by atoms with Crippen LogP contribution in [0.2, 0.25) is 0 Å². The van der Waals surface area contributed by atoms with Crippen LogP contribution in [0.4, 0.5) is 4.39 Å². The molecule has 1 unspecified atom stereocenters. The Morgan fingerprint density at radius 2 is 2.20 bits per heavy atom. The van der Waals surface area contributed by atoms with E-state index in [0.29, 0.717) is 0 Å². The fraction of sp³-hybridized carbons (Fsp3) is 0.400. The van der Waals surface area contributed by atoms with Gasteiger partial charge in [-0.25, -0.2) is 0 Å². The van der Waals surface area contributed by atoms with E-state index < -0.39 is 17.7 Å². The molecule has 0 spiro atoms. The number of methoxy groups -OCH3 is 1. The molecular weight excluding hydrogens is 201 g/mol. The first-order valence-electron chi connectivity index (χ1n) is 4.55. The Morgan fingerprint density at radius 1 is 1.53 bits per heavy atom. The average molecular weight is 215 g/mol. The third kappa shape index (κ3) is 2.37. The zero-order valence-corrected chi connectivity index (χ0v) is 8.40. The van der Waals surface area contributed by atoms with Crippen molar-refractivity contribution in [2.45, 2.75) is 12.5 Å². The summed E-state index contributed by atoms with van der Waals surface area (Å²) in [6.07, 6.45) is -0.699. The van der Waals surface area contributed by atoms with Gasteiger partial charge >= 0.3 is 0 Å². The quantitative estimate of drug-likeness (QED) is 0.698. The van der Waals surface area contributed by atoms with Crippen LogP contribution >= 0.6 is 0 Å². The molecule has 0 saturated carbocycles. The average Bonchev–Trinajstić information content (AvgIpc) is 2.22. The van der Waals surface area contributed by atoms with Gasteiger partial charge in [0.15, 0.2) is 11.5 Å². The molecule has 0 radical (unpaired) electrons. The van der Waals surface area contributed by atoms with Gasteiger partial charge in [-0.3, -0.25) is 0 Å². The normalized spacial score (nSPS) is 12.5. The minimum Gasteiger partial charge on any atom is -0.504 e. The molecule has 1 aromatic carbocycles. The van der Waals surface area contributed by atoms with E-state index in [-0.39, 0.29) is 24.3 Å². The number of aliphatic hydroxyl groups is 1. The molecule has 0 bridgehead atoms. The molecule has 0 aliphatic rings. The number of rotatable bonds is 4. The Morgan fingerprint density at radius 3 is 2.73 bits per heavy atom. The van der Waals surface area contributed by atoms with Crippen LogP contribution in [0.3, 0.4) is 0 Å². The lowest BCUT2D eigenvalue weighted by atomic mass is 10.0. The summed E-state index contributed by atoms with van der Waals surface area (Å²) in [7, 11) is 1.30. The summed E-state index contributed by atoms with van der Waals surface area (Å²) < 4.78 is 18.0. The second kappa shape index (κ2) is 4.95. The maximum atomic E-state index is 13.3. The molecule has 0 saturated heterocycles. The van der Waals surface area contributed by atoms with E-state index in [0.717, 1.165) is 0 Å². The van der Waals surface area contributed by atoms with Gasteiger partial charge in [0, 0.05) is 5.56 Å². The fourth-order valence-electron chi connectivity index (χ4n) is 1.30. The van der Waals surface area contributed by atoms with Crippen molar-refractivity contribution in [3.05, 3.63) is 23.5 Å². The van der Waals surface area contributed by atoms with Gasteiger partial charge in [-0.15, -0.1) is 0 Å². The highest BCUT2D eigenvalue weighted by Crippen LogP contribution is 2.33. The number of hydrogen-bond acceptors (Lipinski definition) is 4. The molecule has 0 fully saturated rings. The van der Waals surface area contributed by atoms with E-state index in [2.05, 4.69) is 4.74 Å². The van der Waals surface area contributed by atoms with Crippen molar-refractivity contribution in [2.75, 3.05) is 13.7 Å². The van der Waals surface area contributed by atoms with E-state index in [4.69, 9.17) is 5.73 Å². The van der Waals surface area contributed by atoms with Crippen LogP contribution in [0.15, 0.2) is 12.1 Å². The van der Waals surface area contributed by atoms with Crippen LogP contribution in [0.1, 0.15) is 18.1 Å². The Labute approximate surface area is 87.1 Å². The Balaban J connectivity index is 3.06.